The highest BCUT2D eigenvalue weighted by molar-refractivity contribution is 6.30. The van der Waals surface area contributed by atoms with Crippen LogP contribution in [0.25, 0.3) is 0 Å². The van der Waals surface area contributed by atoms with Crippen LogP contribution in [-0.4, -0.2) is 37.0 Å². The van der Waals surface area contributed by atoms with Crippen LogP contribution in [0.3, 0.4) is 0 Å². The van der Waals surface area contributed by atoms with Gasteiger partial charge in [-0.25, -0.2) is 0 Å². The Hall–Kier alpha value is -1.30. The molecule has 5 nitrogen and oxygen atoms in total. The molecule has 2 rings (SSSR count). The summed E-state index contributed by atoms with van der Waals surface area (Å²) in [5.41, 5.74) is 0.501. The van der Waals surface area contributed by atoms with Crippen molar-refractivity contribution in [3.63, 3.8) is 0 Å². The number of hydrogen-bond donors (Lipinski definition) is 3. The number of carbonyl (C=O) groups is 2. The van der Waals surface area contributed by atoms with Crippen molar-refractivity contribution in [3.8, 4) is 0 Å². The van der Waals surface area contributed by atoms with E-state index in [4.69, 9.17) is 11.6 Å². The first kappa shape index (κ1) is 22.7. The van der Waals surface area contributed by atoms with Gasteiger partial charge in [-0.1, -0.05) is 38.8 Å². The molecule has 4 unspecified atom stereocenters. The van der Waals surface area contributed by atoms with Crippen LogP contribution in [-0.2, 0) is 4.79 Å². The smallest absolute Gasteiger partial charge is 0.251 e. The maximum Gasteiger partial charge on any atom is 0.251 e. The first-order valence-corrected chi connectivity index (χ1v) is 9.37. The van der Waals surface area contributed by atoms with E-state index in [2.05, 4.69) is 22.9 Å². The molecule has 4 atom stereocenters. The summed E-state index contributed by atoms with van der Waals surface area (Å²) in [5.74, 6) is 0.0708. The number of piperidine rings is 1. The van der Waals surface area contributed by atoms with Gasteiger partial charge in [0.05, 0.1) is 0 Å². The molecule has 3 N–H and O–H groups in total. The minimum atomic E-state index is -0.546. The van der Waals surface area contributed by atoms with E-state index < -0.39 is 6.04 Å². The van der Waals surface area contributed by atoms with Gasteiger partial charge in [0.25, 0.3) is 5.91 Å². The van der Waals surface area contributed by atoms with Crippen molar-refractivity contribution in [2.24, 2.45) is 11.8 Å². The predicted octanol–water partition coefficient (Wildman–Crippen LogP) is 3.02. The number of nitrogens with one attached hydrogen (secondary N) is 3. The molecular weight excluding hydrogens is 373 g/mol. The van der Waals surface area contributed by atoms with E-state index >= 15 is 0 Å². The van der Waals surface area contributed by atoms with Gasteiger partial charge in [0.1, 0.15) is 6.04 Å². The predicted molar refractivity (Wildman–Crippen MR) is 108 cm³/mol. The topological polar surface area (TPSA) is 70.2 Å². The molecule has 1 aromatic carbocycles. The Labute approximate surface area is 167 Å². The fraction of sp³-hybridized carbons (Fsp3) is 0.579. The van der Waals surface area contributed by atoms with E-state index in [-0.39, 0.29) is 36.2 Å². The van der Waals surface area contributed by atoms with Gasteiger partial charge in [-0.15, -0.1) is 12.4 Å². The largest absolute Gasteiger partial charge is 0.351 e. The summed E-state index contributed by atoms with van der Waals surface area (Å²) in [6.45, 7) is 7.93. The van der Waals surface area contributed by atoms with Crippen molar-refractivity contribution in [2.45, 2.75) is 45.7 Å². The van der Waals surface area contributed by atoms with Crippen molar-refractivity contribution < 1.29 is 9.59 Å². The molecule has 0 bridgehead atoms. The Kier molecular flexibility index (Phi) is 9.41. The summed E-state index contributed by atoms with van der Waals surface area (Å²) in [6, 6.07) is 6.27. The molecule has 1 heterocycles. The second-order valence-corrected chi connectivity index (χ2v) is 7.37. The molecule has 1 fully saturated rings. The highest BCUT2D eigenvalue weighted by Crippen LogP contribution is 2.15. The third-order valence-corrected chi connectivity index (χ3v) is 5.25. The second-order valence-electron chi connectivity index (χ2n) is 6.93. The average molecular weight is 402 g/mol. The lowest BCUT2D eigenvalue weighted by molar-refractivity contribution is -0.125. The quantitative estimate of drug-likeness (QED) is 0.685. The molecular formula is C19H29Cl2N3O2. The van der Waals surface area contributed by atoms with Gasteiger partial charge in [-0.05, 0) is 55.6 Å². The molecule has 1 aliphatic rings. The van der Waals surface area contributed by atoms with E-state index in [0.29, 0.717) is 16.5 Å². The van der Waals surface area contributed by atoms with Crippen LogP contribution in [0.5, 0.6) is 0 Å². The Morgan fingerprint density at radius 3 is 2.54 bits per heavy atom. The Balaban J connectivity index is 0.00000338. The van der Waals surface area contributed by atoms with Gasteiger partial charge in [-0.2, -0.15) is 0 Å². The summed E-state index contributed by atoms with van der Waals surface area (Å²) in [5, 5.41) is 9.94. The van der Waals surface area contributed by atoms with Gasteiger partial charge in [-0.3, -0.25) is 9.59 Å². The minimum absolute atomic E-state index is 0. The maximum atomic E-state index is 12.8. The zero-order valence-electron chi connectivity index (χ0n) is 15.5. The van der Waals surface area contributed by atoms with Crippen LogP contribution >= 0.6 is 24.0 Å². The summed E-state index contributed by atoms with van der Waals surface area (Å²) < 4.78 is 0. The van der Waals surface area contributed by atoms with E-state index in [1.165, 1.54) is 0 Å². The number of amides is 2. The van der Waals surface area contributed by atoms with E-state index in [9.17, 15) is 9.59 Å². The van der Waals surface area contributed by atoms with Crippen molar-refractivity contribution >= 4 is 35.8 Å². The van der Waals surface area contributed by atoms with Crippen LogP contribution in [0.1, 0.15) is 44.0 Å². The minimum Gasteiger partial charge on any atom is -0.351 e. The van der Waals surface area contributed by atoms with Gasteiger partial charge in [0.15, 0.2) is 0 Å². The van der Waals surface area contributed by atoms with Gasteiger partial charge in [0, 0.05) is 16.6 Å². The Bertz CT molecular complexity index is 595. The summed E-state index contributed by atoms with van der Waals surface area (Å²) >= 11 is 5.87. The third kappa shape index (κ3) is 6.15. The number of carbonyl (C=O) groups excluding carboxylic acids is 2. The molecule has 7 heteroatoms. The lowest BCUT2D eigenvalue weighted by Crippen LogP contribution is -2.56. The van der Waals surface area contributed by atoms with E-state index in [1.54, 1.807) is 24.3 Å². The summed E-state index contributed by atoms with van der Waals surface area (Å²) in [4.78, 5) is 25.3. The molecule has 1 aliphatic heterocycles. The number of benzene rings is 1. The lowest BCUT2D eigenvalue weighted by Gasteiger charge is -2.32. The molecule has 26 heavy (non-hydrogen) atoms. The highest BCUT2D eigenvalue weighted by atomic mass is 35.5. The monoisotopic (exact) mass is 401 g/mol. The van der Waals surface area contributed by atoms with Crippen LogP contribution in [0.2, 0.25) is 5.02 Å². The molecule has 1 saturated heterocycles. The van der Waals surface area contributed by atoms with Crippen molar-refractivity contribution in [1.82, 2.24) is 16.0 Å². The third-order valence-electron chi connectivity index (χ3n) is 5.00. The normalized spacial score (nSPS) is 21.8. The standard InChI is InChI=1S/C19H28ClN3O2.ClH/c1-4-12(2)17(19(25)22-16-9-10-21-11-13(16)3)23-18(24)14-5-7-15(20)8-6-14;/h5-8,12-13,16-17,21H,4,9-11H2,1-3H3,(H,22,25)(H,23,24);1H. The average Bonchev–Trinajstić information content (AvgIpc) is 2.61. The molecule has 0 aromatic heterocycles. The summed E-state index contributed by atoms with van der Waals surface area (Å²) in [6.07, 6.45) is 1.71. The molecule has 0 aliphatic carbocycles. The first-order valence-electron chi connectivity index (χ1n) is 8.99. The van der Waals surface area contributed by atoms with Crippen molar-refractivity contribution in [2.75, 3.05) is 13.1 Å². The van der Waals surface area contributed by atoms with E-state index in [1.807, 2.05) is 13.8 Å². The van der Waals surface area contributed by atoms with Crippen LogP contribution in [0, 0.1) is 11.8 Å². The second kappa shape index (κ2) is 10.8. The van der Waals surface area contributed by atoms with Crippen LogP contribution in [0.15, 0.2) is 24.3 Å². The Morgan fingerprint density at radius 2 is 1.96 bits per heavy atom. The van der Waals surface area contributed by atoms with Crippen LogP contribution < -0.4 is 16.0 Å². The fourth-order valence-corrected chi connectivity index (χ4v) is 3.15. The summed E-state index contributed by atoms with van der Waals surface area (Å²) in [7, 11) is 0. The fourth-order valence-electron chi connectivity index (χ4n) is 3.03. The maximum absolute atomic E-state index is 12.8. The molecule has 0 saturated carbocycles. The SMILES string of the molecule is CCC(C)C(NC(=O)c1ccc(Cl)cc1)C(=O)NC1CCNCC1C.Cl. The molecule has 1 aromatic rings. The first-order chi connectivity index (χ1) is 11.9. The van der Waals surface area contributed by atoms with Gasteiger partial charge in [0.2, 0.25) is 5.91 Å². The molecule has 0 spiro atoms. The highest BCUT2D eigenvalue weighted by Gasteiger charge is 2.30. The van der Waals surface area contributed by atoms with Crippen molar-refractivity contribution in [1.29, 1.82) is 0 Å². The number of rotatable bonds is 6. The van der Waals surface area contributed by atoms with Crippen LogP contribution in [0.4, 0.5) is 0 Å². The molecule has 0 radical (unpaired) electrons. The van der Waals surface area contributed by atoms with Gasteiger partial charge < -0.3 is 16.0 Å². The van der Waals surface area contributed by atoms with E-state index in [0.717, 1.165) is 25.9 Å². The number of hydrogen-bond acceptors (Lipinski definition) is 3. The zero-order valence-corrected chi connectivity index (χ0v) is 17.1. The van der Waals surface area contributed by atoms with Crippen molar-refractivity contribution in [3.05, 3.63) is 34.9 Å². The number of halogens is 2. The lowest BCUT2D eigenvalue weighted by atomic mass is 9.93. The molecule has 2 amide bonds. The molecule has 146 valence electrons. The van der Waals surface area contributed by atoms with Gasteiger partial charge >= 0.3 is 0 Å². The zero-order chi connectivity index (χ0) is 18.4. The Morgan fingerprint density at radius 1 is 1.31 bits per heavy atom.